The van der Waals surface area contributed by atoms with Gasteiger partial charge in [0.1, 0.15) is 10.8 Å². The summed E-state index contributed by atoms with van der Waals surface area (Å²) in [6, 6.07) is 7.87. The predicted molar refractivity (Wildman–Crippen MR) is 105 cm³/mol. The van der Waals surface area contributed by atoms with Gasteiger partial charge in [-0.1, -0.05) is 6.92 Å². The van der Waals surface area contributed by atoms with E-state index in [4.69, 9.17) is 0 Å². The molecule has 2 amide bonds. The molecule has 2 N–H and O–H groups in total. The predicted octanol–water partition coefficient (Wildman–Crippen LogP) is 3.89. The highest BCUT2D eigenvalue weighted by Gasteiger charge is 2.14. The fourth-order valence-corrected chi connectivity index (χ4v) is 4.33. The van der Waals surface area contributed by atoms with E-state index in [9.17, 15) is 14.0 Å². The Balaban J connectivity index is 1.55. The van der Waals surface area contributed by atoms with Crippen LogP contribution in [0.3, 0.4) is 0 Å². The van der Waals surface area contributed by atoms with Crippen LogP contribution in [0.25, 0.3) is 10.6 Å². The first-order valence-electron chi connectivity index (χ1n) is 8.35. The molecule has 3 aromatic rings. The molecule has 0 unspecified atom stereocenters. The third kappa shape index (κ3) is 4.78. The highest BCUT2D eigenvalue weighted by Crippen LogP contribution is 2.24. The van der Waals surface area contributed by atoms with Crippen molar-refractivity contribution in [2.45, 2.75) is 26.7 Å². The molecule has 8 heteroatoms. The number of nitrogens with one attached hydrogen (secondary N) is 2. The second kappa shape index (κ2) is 8.41. The van der Waals surface area contributed by atoms with Gasteiger partial charge in [0, 0.05) is 15.8 Å². The number of hydrazine groups is 1. The van der Waals surface area contributed by atoms with Crippen LogP contribution in [0, 0.1) is 12.7 Å². The Morgan fingerprint density at radius 2 is 1.93 bits per heavy atom. The second-order valence-corrected chi connectivity index (χ2v) is 7.99. The lowest BCUT2D eigenvalue weighted by Gasteiger charge is -2.05. The van der Waals surface area contributed by atoms with Gasteiger partial charge in [0.15, 0.2) is 0 Å². The largest absolute Gasteiger partial charge is 0.279 e. The van der Waals surface area contributed by atoms with E-state index < -0.39 is 0 Å². The van der Waals surface area contributed by atoms with Crippen molar-refractivity contribution >= 4 is 34.5 Å². The standard InChI is InChI=1S/C19H18FN3O2S2/c1-3-12-8-16(27-11(12)2)18(25)23-22-17(24)9-15-10-26-19(21-15)13-4-6-14(20)7-5-13/h4-8,10H,3,9H2,1-2H3,(H,22,24)(H,23,25). The Morgan fingerprint density at radius 1 is 1.19 bits per heavy atom. The van der Waals surface area contributed by atoms with Crippen LogP contribution < -0.4 is 10.9 Å². The van der Waals surface area contributed by atoms with E-state index in [1.165, 1.54) is 34.8 Å². The van der Waals surface area contributed by atoms with E-state index in [1.54, 1.807) is 17.5 Å². The van der Waals surface area contributed by atoms with Crippen LogP contribution in [0.4, 0.5) is 4.39 Å². The molecule has 0 saturated heterocycles. The zero-order valence-electron chi connectivity index (χ0n) is 14.8. The quantitative estimate of drug-likeness (QED) is 0.635. The maximum absolute atomic E-state index is 13.0. The van der Waals surface area contributed by atoms with Crippen LogP contribution in [-0.4, -0.2) is 16.8 Å². The summed E-state index contributed by atoms with van der Waals surface area (Å²) >= 11 is 2.78. The SMILES string of the molecule is CCc1cc(C(=O)NNC(=O)Cc2csc(-c3ccc(F)cc3)n2)sc1C. The topological polar surface area (TPSA) is 71.1 Å². The van der Waals surface area contributed by atoms with Crippen LogP contribution in [0.1, 0.15) is 32.7 Å². The minimum absolute atomic E-state index is 0.0433. The van der Waals surface area contributed by atoms with Crippen LogP contribution in [0.15, 0.2) is 35.7 Å². The van der Waals surface area contributed by atoms with Crippen molar-refractivity contribution in [2.75, 3.05) is 0 Å². The molecule has 2 aromatic heterocycles. The summed E-state index contributed by atoms with van der Waals surface area (Å²) in [7, 11) is 0. The van der Waals surface area contributed by atoms with Crippen LogP contribution in [0.2, 0.25) is 0 Å². The Hall–Kier alpha value is -2.58. The van der Waals surface area contributed by atoms with Gasteiger partial charge >= 0.3 is 0 Å². The normalized spacial score (nSPS) is 10.6. The minimum Gasteiger partial charge on any atom is -0.273 e. The summed E-state index contributed by atoms with van der Waals surface area (Å²) in [6.07, 6.45) is 0.907. The molecule has 5 nitrogen and oxygen atoms in total. The number of aromatic nitrogens is 1. The number of halogens is 1. The molecule has 0 spiro atoms. The molecule has 0 atom stereocenters. The number of thiophene rings is 1. The zero-order valence-corrected chi connectivity index (χ0v) is 16.5. The number of rotatable bonds is 5. The van der Waals surface area contributed by atoms with Crippen molar-refractivity contribution in [1.29, 1.82) is 0 Å². The summed E-state index contributed by atoms with van der Waals surface area (Å²) < 4.78 is 13.0. The molecule has 2 heterocycles. The first-order chi connectivity index (χ1) is 13.0. The molecule has 140 valence electrons. The van der Waals surface area contributed by atoms with Gasteiger partial charge < -0.3 is 0 Å². The van der Waals surface area contributed by atoms with Crippen molar-refractivity contribution < 1.29 is 14.0 Å². The van der Waals surface area contributed by atoms with Crippen LogP contribution in [-0.2, 0) is 17.6 Å². The van der Waals surface area contributed by atoms with E-state index in [0.717, 1.165) is 22.4 Å². The van der Waals surface area contributed by atoms with Gasteiger partial charge in [0.25, 0.3) is 5.91 Å². The number of carbonyl (C=O) groups is 2. The van der Waals surface area contributed by atoms with Crippen LogP contribution in [0.5, 0.6) is 0 Å². The first-order valence-corrected chi connectivity index (χ1v) is 10.0. The Morgan fingerprint density at radius 3 is 2.59 bits per heavy atom. The van der Waals surface area contributed by atoms with Gasteiger partial charge in [-0.3, -0.25) is 20.4 Å². The monoisotopic (exact) mass is 403 g/mol. The van der Waals surface area contributed by atoms with E-state index in [2.05, 4.69) is 15.8 Å². The Bertz CT molecular complexity index is 964. The molecular weight excluding hydrogens is 385 g/mol. The summed E-state index contributed by atoms with van der Waals surface area (Å²) in [4.78, 5) is 30.3. The molecule has 0 aliphatic rings. The lowest BCUT2D eigenvalue weighted by Crippen LogP contribution is -2.42. The van der Waals surface area contributed by atoms with Crippen molar-refractivity contribution in [3.05, 3.63) is 62.5 Å². The molecule has 0 saturated carbocycles. The number of nitrogens with zero attached hydrogens (tertiary/aromatic N) is 1. The first kappa shape index (κ1) is 19.2. The van der Waals surface area contributed by atoms with E-state index in [1.807, 2.05) is 19.9 Å². The number of carbonyl (C=O) groups excluding carboxylic acids is 2. The molecule has 0 fully saturated rings. The van der Waals surface area contributed by atoms with Crippen molar-refractivity contribution in [1.82, 2.24) is 15.8 Å². The summed E-state index contributed by atoms with van der Waals surface area (Å²) in [5.41, 5.74) is 7.36. The van der Waals surface area contributed by atoms with Crippen molar-refractivity contribution in [2.24, 2.45) is 0 Å². The number of benzene rings is 1. The molecule has 0 radical (unpaired) electrons. The van der Waals surface area contributed by atoms with Gasteiger partial charge in [-0.05, 0) is 49.2 Å². The highest BCUT2D eigenvalue weighted by atomic mass is 32.1. The molecule has 0 bridgehead atoms. The highest BCUT2D eigenvalue weighted by molar-refractivity contribution is 7.14. The number of aryl methyl sites for hydroxylation is 2. The number of thiazole rings is 1. The van der Waals surface area contributed by atoms with Crippen molar-refractivity contribution in [3.8, 4) is 10.6 Å². The summed E-state index contributed by atoms with van der Waals surface area (Å²) in [5, 5.41) is 2.49. The van der Waals surface area contributed by atoms with E-state index in [0.29, 0.717) is 15.6 Å². The molecule has 27 heavy (non-hydrogen) atoms. The minimum atomic E-state index is -0.358. The van der Waals surface area contributed by atoms with Gasteiger partial charge in [-0.2, -0.15) is 0 Å². The fraction of sp³-hybridized carbons (Fsp3) is 0.211. The molecule has 3 rings (SSSR count). The average molecular weight is 404 g/mol. The van der Waals surface area contributed by atoms with Gasteiger partial charge in [-0.25, -0.2) is 9.37 Å². The number of amides is 2. The fourth-order valence-electron chi connectivity index (χ4n) is 2.49. The maximum Gasteiger partial charge on any atom is 0.279 e. The second-order valence-electron chi connectivity index (χ2n) is 5.88. The van der Waals surface area contributed by atoms with Gasteiger partial charge in [-0.15, -0.1) is 22.7 Å². The zero-order chi connectivity index (χ0) is 19.4. The van der Waals surface area contributed by atoms with Gasteiger partial charge in [0.05, 0.1) is 17.0 Å². The number of hydrogen-bond acceptors (Lipinski definition) is 5. The Kier molecular flexibility index (Phi) is 5.98. The molecule has 0 aliphatic heterocycles. The lowest BCUT2D eigenvalue weighted by molar-refractivity contribution is -0.121. The van der Waals surface area contributed by atoms with Crippen molar-refractivity contribution in [3.63, 3.8) is 0 Å². The molecule has 0 aliphatic carbocycles. The molecule has 1 aromatic carbocycles. The number of hydrogen-bond donors (Lipinski definition) is 2. The third-order valence-electron chi connectivity index (χ3n) is 3.93. The van der Waals surface area contributed by atoms with Gasteiger partial charge in [0.2, 0.25) is 5.91 Å². The maximum atomic E-state index is 13.0. The van der Waals surface area contributed by atoms with Crippen LogP contribution >= 0.6 is 22.7 Å². The van der Waals surface area contributed by atoms with E-state index in [-0.39, 0.29) is 24.1 Å². The summed E-state index contributed by atoms with van der Waals surface area (Å²) in [5.74, 6) is -0.998. The Labute approximate surface area is 164 Å². The summed E-state index contributed by atoms with van der Waals surface area (Å²) in [6.45, 7) is 4.01. The lowest BCUT2D eigenvalue weighted by atomic mass is 10.2. The molecular formula is C19H18FN3O2S2. The smallest absolute Gasteiger partial charge is 0.273 e. The average Bonchev–Trinajstić information content (AvgIpc) is 3.26. The van der Waals surface area contributed by atoms with E-state index >= 15 is 0 Å². The third-order valence-corrected chi connectivity index (χ3v) is 5.96.